The summed E-state index contributed by atoms with van der Waals surface area (Å²) in [5.41, 5.74) is 0. The molecule has 87 heavy (non-hydrogen) atoms. The van der Waals surface area contributed by atoms with Gasteiger partial charge in [-0.05, 0) is 31.6 Å². The van der Waals surface area contributed by atoms with Gasteiger partial charge in [0.15, 0.2) is 12.2 Å². The minimum absolute atomic E-state index is 0.107. The van der Waals surface area contributed by atoms with E-state index in [0.29, 0.717) is 25.7 Å². The number of hydrogen-bond acceptors (Lipinski definition) is 15. The molecule has 516 valence electrons. The molecule has 0 fully saturated rings. The van der Waals surface area contributed by atoms with Gasteiger partial charge in [-0.2, -0.15) is 0 Å². The number of phosphoric ester groups is 2. The van der Waals surface area contributed by atoms with Gasteiger partial charge in [-0.3, -0.25) is 37.3 Å². The molecule has 2 unspecified atom stereocenters. The highest BCUT2D eigenvalue weighted by molar-refractivity contribution is 7.47. The highest BCUT2D eigenvalue weighted by Gasteiger charge is 2.30. The van der Waals surface area contributed by atoms with Crippen LogP contribution in [-0.2, 0) is 65.4 Å². The molecular formula is C68H132O17P2. The van der Waals surface area contributed by atoms with E-state index in [-0.39, 0.29) is 25.7 Å². The zero-order chi connectivity index (χ0) is 64.2. The Morgan fingerprint density at radius 1 is 0.310 bits per heavy atom. The van der Waals surface area contributed by atoms with Crippen LogP contribution in [0.25, 0.3) is 0 Å². The number of carbonyl (C=O) groups excluding carboxylic acids is 4. The van der Waals surface area contributed by atoms with Gasteiger partial charge in [-0.25, -0.2) is 9.13 Å². The van der Waals surface area contributed by atoms with Gasteiger partial charge in [0.05, 0.1) is 26.4 Å². The van der Waals surface area contributed by atoms with Crippen molar-refractivity contribution in [2.75, 3.05) is 39.6 Å². The average molecular weight is 1280 g/mol. The molecule has 19 heteroatoms. The minimum atomic E-state index is -4.95. The van der Waals surface area contributed by atoms with Crippen molar-refractivity contribution in [2.45, 2.75) is 368 Å². The van der Waals surface area contributed by atoms with Crippen LogP contribution < -0.4 is 0 Å². The standard InChI is InChI=1S/C68H132O17P2/c1-6-9-12-15-18-20-22-28-32-37-42-47-52-66(71)79-58-64(85-68(73)54-49-44-39-34-30-26-24-25-27-31-36-40-45-50-61(4)5)60-83-87(76,77)81-56-62(69)55-80-86(74,75)82-59-63(57-78-65(70)51-46-41-35-17-14-11-8-3)84-67(72)53-48-43-38-33-29-23-21-19-16-13-10-7-2/h61-64,69H,6-60H2,1-5H3,(H,74,75)(H,76,77)/t62-,63+,64+/m0/s1. The van der Waals surface area contributed by atoms with Gasteiger partial charge in [-0.15, -0.1) is 0 Å². The Kier molecular flexibility index (Phi) is 60.2. The van der Waals surface area contributed by atoms with E-state index < -0.39 is 97.5 Å². The number of aliphatic hydroxyl groups excluding tert-OH is 1. The van der Waals surface area contributed by atoms with Crippen LogP contribution in [0.1, 0.15) is 349 Å². The molecular weight excluding hydrogens is 1150 g/mol. The summed E-state index contributed by atoms with van der Waals surface area (Å²) in [4.78, 5) is 72.3. The Hall–Kier alpha value is -1.94. The van der Waals surface area contributed by atoms with E-state index in [0.717, 1.165) is 109 Å². The van der Waals surface area contributed by atoms with Gasteiger partial charge >= 0.3 is 39.5 Å². The number of carbonyl (C=O) groups is 4. The molecule has 5 atom stereocenters. The highest BCUT2D eigenvalue weighted by atomic mass is 31.2. The van der Waals surface area contributed by atoms with Crippen molar-refractivity contribution >= 4 is 39.5 Å². The molecule has 0 spiro atoms. The number of unbranched alkanes of at least 4 members (excludes halogenated alkanes) is 40. The van der Waals surface area contributed by atoms with E-state index in [1.54, 1.807) is 0 Å². The van der Waals surface area contributed by atoms with Gasteiger partial charge in [0.25, 0.3) is 0 Å². The minimum Gasteiger partial charge on any atom is -0.462 e. The summed E-state index contributed by atoms with van der Waals surface area (Å²) in [7, 11) is -9.89. The second kappa shape index (κ2) is 61.6. The average Bonchev–Trinajstić information content (AvgIpc) is 3.61. The molecule has 0 radical (unpaired) electrons. The molecule has 0 aromatic carbocycles. The fourth-order valence-electron chi connectivity index (χ4n) is 10.3. The predicted octanol–water partition coefficient (Wildman–Crippen LogP) is 19.4. The molecule has 0 heterocycles. The maximum absolute atomic E-state index is 13.0. The summed E-state index contributed by atoms with van der Waals surface area (Å²) in [6, 6.07) is 0. The fourth-order valence-corrected chi connectivity index (χ4v) is 11.9. The van der Waals surface area contributed by atoms with Gasteiger partial charge in [-0.1, -0.05) is 298 Å². The van der Waals surface area contributed by atoms with E-state index >= 15 is 0 Å². The molecule has 0 rings (SSSR count). The van der Waals surface area contributed by atoms with E-state index in [9.17, 15) is 43.2 Å². The smallest absolute Gasteiger partial charge is 0.462 e. The Bertz CT molecular complexity index is 1690. The first kappa shape index (κ1) is 85.1. The Labute approximate surface area is 530 Å². The van der Waals surface area contributed by atoms with Crippen LogP contribution >= 0.6 is 15.6 Å². The third-order valence-corrected chi connectivity index (χ3v) is 17.7. The topological polar surface area (TPSA) is 237 Å². The second-order valence-electron chi connectivity index (χ2n) is 25.0. The summed E-state index contributed by atoms with van der Waals surface area (Å²) in [5.74, 6) is -1.34. The van der Waals surface area contributed by atoms with Crippen molar-refractivity contribution in [1.29, 1.82) is 0 Å². The molecule has 0 aromatic rings. The lowest BCUT2D eigenvalue weighted by atomic mass is 10.0. The predicted molar refractivity (Wildman–Crippen MR) is 349 cm³/mol. The zero-order valence-corrected chi connectivity index (χ0v) is 57.9. The molecule has 0 saturated heterocycles. The number of esters is 4. The lowest BCUT2D eigenvalue weighted by Crippen LogP contribution is -2.30. The Balaban J connectivity index is 5.20. The van der Waals surface area contributed by atoms with E-state index in [1.165, 1.54) is 161 Å². The van der Waals surface area contributed by atoms with Gasteiger partial charge in [0.2, 0.25) is 0 Å². The molecule has 0 saturated carbocycles. The number of ether oxygens (including phenoxy) is 4. The van der Waals surface area contributed by atoms with Crippen LogP contribution in [0.4, 0.5) is 0 Å². The van der Waals surface area contributed by atoms with Crippen molar-refractivity contribution in [2.24, 2.45) is 5.92 Å². The maximum Gasteiger partial charge on any atom is 0.472 e. The van der Waals surface area contributed by atoms with Crippen molar-refractivity contribution in [3.05, 3.63) is 0 Å². The van der Waals surface area contributed by atoms with Crippen LogP contribution in [0.2, 0.25) is 0 Å². The molecule has 0 aromatic heterocycles. The first-order chi connectivity index (χ1) is 42.0. The molecule has 3 N–H and O–H groups in total. The van der Waals surface area contributed by atoms with Crippen molar-refractivity contribution in [1.82, 2.24) is 0 Å². The fraction of sp³-hybridized carbons (Fsp3) is 0.941. The van der Waals surface area contributed by atoms with E-state index in [1.807, 2.05) is 0 Å². The maximum atomic E-state index is 13.0. The first-order valence-electron chi connectivity index (χ1n) is 35.6. The molecule has 0 amide bonds. The van der Waals surface area contributed by atoms with Crippen LogP contribution in [-0.4, -0.2) is 96.7 Å². The van der Waals surface area contributed by atoms with Gasteiger partial charge < -0.3 is 33.8 Å². The Morgan fingerprint density at radius 3 is 0.782 bits per heavy atom. The largest absolute Gasteiger partial charge is 0.472 e. The number of phosphoric acid groups is 2. The molecule has 0 aliphatic rings. The Morgan fingerprint density at radius 2 is 0.529 bits per heavy atom. The summed E-state index contributed by atoms with van der Waals surface area (Å²) in [6.45, 7) is 7.21. The monoisotopic (exact) mass is 1280 g/mol. The summed E-state index contributed by atoms with van der Waals surface area (Å²) in [5, 5.41) is 10.6. The third kappa shape index (κ3) is 62.6. The second-order valence-corrected chi connectivity index (χ2v) is 27.9. The van der Waals surface area contributed by atoms with Crippen LogP contribution in [0.3, 0.4) is 0 Å². The van der Waals surface area contributed by atoms with E-state index in [2.05, 4.69) is 34.6 Å². The summed E-state index contributed by atoms with van der Waals surface area (Å²) in [6.07, 6.45) is 47.2. The molecule has 0 aliphatic carbocycles. The molecule has 17 nitrogen and oxygen atoms in total. The van der Waals surface area contributed by atoms with Crippen molar-refractivity contribution in [3.63, 3.8) is 0 Å². The van der Waals surface area contributed by atoms with Gasteiger partial charge in [0, 0.05) is 25.7 Å². The number of hydrogen-bond donors (Lipinski definition) is 3. The van der Waals surface area contributed by atoms with Crippen LogP contribution in [0.5, 0.6) is 0 Å². The summed E-state index contributed by atoms with van der Waals surface area (Å²) < 4.78 is 68.1. The number of rotatable bonds is 68. The van der Waals surface area contributed by atoms with E-state index in [4.69, 9.17) is 37.0 Å². The van der Waals surface area contributed by atoms with Crippen molar-refractivity contribution < 1.29 is 80.2 Å². The normalized spacial score (nSPS) is 14.1. The lowest BCUT2D eigenvalue weighted by molar-refractivity contribution is -0.161. The van der Waals surface area contributed by atoms with Crippen LogP contribution in [0, 0.1) is 5.92 Å². The molecule has 0 bridgehead atoms. The highest BCUT2D eigenvalue weighted by Crippen LogP contribution is 2.45. The lowest BCUT2D eigenvalue weighted by Gasteiger charge is -2.21. The third-order valence-electron chi connectivity index (χ3n) is 15.8. The SMILES string of the molecule is CCCCCCCCCCCCCCC(=O)OC[C@H](COP(=O)(O)OC[C@@H](O)COP(=O)(O)OC[C@@H](COC(=O)CCCCCCCCC)OC(=O)CCCCCCCCCCCCCC)OC(=O)CCCCCCCCCCCCCCCC(C)C. The first-order valence-corrected chi connectivity index (χ1v) is 38.6. The van der Waals surface area contributed by atoms with Crippen LogP contribution in [0.15, 0.2) is 0 Å². The number of aliphatic hydroxyl groups is 1. The van der Waals surface area contributed by atoms with Crippen molar-refractivity contribution in [3.8, 4) is 0 Å². The quantitative estimate of drug-likeness (QED) is 0.0222. The zero-order valence-electron chi connectivity index (χ0n) is 56.2. The van der Waals surface area contributed by atoms with Gasteiger partial charge in [0.1, 0.15) is 19.3 Å². The molecule has 0 aliphatic heterocycles. The summed E-state index contributed by atoms with van der Waals surface area (Å²) >= 11 is 0.